The van der Waals surface area contributed by atoms with E-state index in [4.69, 9.17) is 0 Å². The summed E-state index contributed by atoms with van der Waals surface area (Å²) >= 11 is 3.43. The number of benzene rings is 1. The van der Waals surface area contributed by atoms with Gasteiger partial charge < -0.3 is 15.3 Å². The second-order valence-electron chi connectivity index (χ2n) is 9.08. The molecule has 2 amide bonds. The maximum atomic E-state index is 12.8. The monoisotopic (exact) mass is 519 g/mol. The van der Waals surface area contributed by atoms with E-state index in [-0.39, 0.29) is 24.2 Å². The molecule has 1 fully saturated rings. The number of aliphatic hydroxyl groups is 2. The highest BCUT2D eigenvalue weighted by Crippen LogP contribution is 2.47. The van der Waals surface area contributed by atoms with E-state index in [2.05, 4.69) is 15.9 Å². The van der Waals surface area contributed by atoms with E-state index in [0.29, 0.717) is 24.8 Å². The van der Waals surface area contributed by atoms with Crippen molar-refractivity contribution in [2.45, 2.75) is 58.5 Å². The number of rotatable bonds is 9. The summed E-state index contributed by atoms with van der Waals surface area (Å²) in [6, 6.07) is 5.27. The normalized spacial score (nSPS) is 24.5. The number of carbonyl (C=O) groups excluding carboxylic acids is 2. The number of allylic oxidation sites excluding steroid dienone is 2. The van der Waals surface area contributed by atoms with Gasteiger partial charge in [-0.05, 0) is 55.9 Å². The van der Waals surface area contributed by atoms with E-state index < -0.39 is 23.9 Å². The summed E-state index contributed by atoms with van der Waals surface area (Å²) in [7, 11) is 1.50. The van der Waals surface area contributed by atoms with Crippen molar-refractivity contribution >= 4 is 33.8 Å². The number of carbonyl (C=O) groups is 2. The van der Waals surface area contributed by atoms with Crippen LogP contribution in [0.3, 0.4) is 0 Å². The lowest BCUT2D eigenvalue weighted by molar-refractivity contribution is -0.138. The number of nitrogens with zero attached hydrogens (tertiary/aromatic N) is 1. The van der Waals surface area contributed by atoms with Crippen LogP contribution >= 0.6 is 15.9 Å². The van der Waals surface area contributed by atoms with Gasteiger partial charge in [-0.1, -0.05) is 53.4 Å². The quantitative estimate of drug-likeness (QED) is 0.331. The molecule has 1 aliphatic heterocycles. The fourth-order valence-corrected chi connectivity index (χ4v) is 5.72. The Morgan fingerprint density at radius 3 is 2.64 bits per heavy atom. The first-order valence-electron chi connectivity index (χ1n) is 11.7. The summed E-state index contributed by atoms with van der Waals surface area (Å²) in [6.45, 7) is 3.82. The molecular weight excluding hydrogens is 486 g/mol. The summed E-state index contributed by atoms with van der Waals surface area (Å²) in [5.41, 5.74) is 3.56. The maximum Gasteiger partial charge on any atom is 0.233 e. The molecule has 1 aliphatic carbocycles. The van der Waals surface area contributed by atoms with Crippen LogP contribution in [-0.4, -0.2) is 51.8 Å². The van der Waals surface area contributed by atoms with Gasteiger partial charge in [0.15, 0.2) is 0 Å². The summed E-state index contributed by atoms with van der Waals surface area (Å²) in [4.78, 5) is 26.6. The van der Waals surface area contributed by atoms with Crippen LogP contribution in [0.2, 0.25) is 0 Å². The zero-order valence-electron chi connectivity index (χ0n) is 19.6. The molecule has 1 aromatic carbocycles. The average molecular weight is 520 g/mol. The highest BCUT2D eigenvalue weighted by atomic mass is 79.9. The fourth-order valence-electron chi connectivity index (χ4n) is 5.34. The van der Waals surface area contributed by atoms with E-state index in [9.17, 15) is 24.9 Å². The molecule has 0 aromatic heterocycles. The van der Waals surface area contributed by atoms with Crippen molar-refractivity contribution in [3.05, 3.63) is 45.0 Å². The van der Waals surface area contributed by atoms with Crippen LogP contribution in [0.5, 0.6) is 5.75 Å². The van der Waals surface area contributed by atoms with E-state index in [1.165, 1.54) is 11.9 Å². The summed E-state index contributed by atoms with van der Waals surface area (Å²) in [5.74, 6) is -1.82. The van der Waals surface area contributed by atoms with Gasteiger partial charge in [0, 0.05) is 23.0 Å². The summed E-state index contributed by atoms with van der Waals surface area (Å²) in [6.07, 6.45) is 5.05. The number of hydrogen-bond acceptors (Lipinski definition) is 5. The second-order valence-corrected chi connectivity index (χ2v) is 10.00. The van der Waals surface area contributed by atoms with Gasteiger partial charge in [0.25, 0.3) is 0 Å². The minimum absolute atomic E-state index is 0.185. The first kappa shape index (κ1) is 25.7. The fraction of sp³-hybridized carbons (Fsp3) is 0.538. The van der Waals surface area contributed by atoms with Gasteiger partial charge in [-0.15, -0.1) is 0 Å². The Hall–Kier alpha value is -1.96. The largest absolute Gasteiger partial charge is 0.507 e. The molecular formula is C26H34BrNO5. The number of phenolic OH excluding ortho intramolecular Hbond substituents is 1. The van der Waals surface area contributed by atoms with Crippen LogP contribution < -0.4 is 0 Å². The van der Waals surface area contributed by atoms with Gasteiger partial charge in [-0.25, -0.2) is 0 Å². The van der Waals surface area contributed by atoms with Crippen molar-refractivity contribution in [2.75, 3.05) is 13.7 Å². The van der Waals surface area contributed by atoms with Crippen molar-refractivity contribution < 1.29 is 24.9 Å². The minimum atomic E-state index is -0.801. The molecule has 3 N–H and O–H groups in total. The van der Waals surface area contributed by atoms with Crippen molar-refractivity contribution in [3.8, 4) is 5.75 Å². The van der Waals surface area contributed by atoms with Crippen molar-refractivity contribution in [3.63, 3.8) is 0 Å². The molecule has 33 heavy (non-hydrogen) atoms. The van der Waals surface area contributed by atoms with Crippen LogP contribution in [0, 0.1) is 17.8 Å². The lowest BCUT2D eigenvalue weighted by Crippen LogP contribution is -2.39. The summed E-state index contributed by atoms with van der Waals surface area (Å²) in [5, 5.41) is 31.7. The van der Waals surface area contributed by atoms with Gasteiger partial charge in [-0.2, -0.15) is 0 Å². The molecule has 0 bridgehead atoms. The van der Waals surface area contributed by atoms with Gasteiger partial charge in [0.05, 0.1) is 24.5 Å². The molecule has 180 valence electrons. The SMILES string of the molecule is CCCC1=C([C@H](O)CC/C(=C/c2cc(Br)ccc2O)CC)[C@H](CO)[C@@H]2C(=O)N(C)C(=O)[C@@H]2C1. The Morgan fingerprint density at radius 2 is 2.00 bits per heavy atom. The molecule has 0 radical (unpaired) electrons. The Balaban J connectivity index is 1.86. The Kier molecular flexibility index (Phi) is 8.54. The molecule has 0 unspecified atom stereocenters. The van der Waals surface area contributed by atoms with E-state index in [1.807, 2.05) is 26.0 Å². The maximum absolute atomic E-state index is 12.8. The third-order valence-corrected chi connectivity index (χ3v) is 7.55. The highest BCUT2D eigenvalue weighted by Gasteiger charge is 2.53. The number of amides is 2. The molecule has 0 saturated carbocycles. The molecule has 6 nitrogen and oxygen atoms in total. The number of likely N-dealkylation sites (tertiary alicyclic amines) is 1. The molecule has 2 aliphatic rings. The standard InChI is InChI=1S/C26H34BrNO5/c1-4-6-16-13-19-24(26(33)28(3)25(19)32)20(14-29)23(16)22(31)9-7-15(5-2)11-17-12-18(27)8-10-21(17)30/h8,10-12,19-20,22,24,29-31H,4-7,9,13-14H2,1-3H3/b15-11+/t19-,20+,22-,24-/m1/s1. The highest BCUT2D eigenvalue weighted by molar-refractivity contribution is 9.10. The van der Waals surface area contributed by atoms with Crippen LogP contribution in [0.4, 0.5) is 0 Å². The third kappa shape index (κ3) is 5.26. The van der Waals surface area contributed by atoms with E-state index in [1.54, 1.807) is 12.1 Å². The van der Waals surface area contributed by atoms with Crippen LogP contribution in [0.15, 0.2) is 39.4 Å². The van der Waals surface area contributed by atoms with Crippen molar-refractivity contribution in [2.24, 2.45) is 17.8 Å². The number of fused-ring (bicyclic) bond motifs is 1. The number of aromatic hydroxyl groups is 1. The average Bonchev–Trinajstić information content (AvgIpc) is 3.01. The van der Waals surface area contributed by atoms with Gasteiger partial charge in [0.1, 0.15) is 5.75 Å². The lowest BCUT2D eigenvalue weighted by atomic mass is 9.67. The number of halogens is 1. The number of hydrogen-bond donors (Lipinski definition) is 3. The number of phenols is 1. The first-order valence-corrected chi connectivity index (χ1v) is 12.5. The topological polar surface area (TPSA) is 98.1 Å². The number of imide groups is 1. The van der Waals surface area contributed by atoms with Crippen molar-refractivity contribution in [1.29, 1.82) is 0 Å². The second kappa shape index (κ2) is 11.0. The molecule has 3 rings (SSSR count). The van der Waals surface area contributed by atoms with E-state index in [0.717, 1.165) is 40.5 Å². The zero-order chi connectivity index (χ0) is 24.3. The predicted octanol–water partition coefficient (Wildman–Crippen LogP) is 4.43. The first-order chi connectivity index (χ1) is 15.7. The molecule has 7 heteroatoms. The molecule has 1 heterocycles. The Bertz CT molecular complexity index is 969. The smallest absolute Gasteiger partial charge is 0.233 e. The third-order valence-electron chi connectivity index (χ3n) is 7.05. The minimum Gasteiger partial charge on any atom is -0.507 e. The van der Waals surface area contributed by atoms with Gasteiger partial charge in [-0.3, -0.25) is 14.5 Å². The molecule has 4 atom stereocenters. The Labute approximate surface area is 204 Å². The lowest BCUT2D eigenvalue weighted by Gasteiger charge is -2.36. The molecule has 1 saturated heterocycles. The molecule has 1 aromatic rings. The van der Waals surface area contributed by atoms with Crippen molar-refractivity contribution in [1.82, 2.24) is 4.90 Å². The van der Waals surface area contributed by atoms with Crippen LogP contribution in [-0.2, 0) is 9.59 Å². The number of aliphatic hydroxyl groups excluding tert-OH is 2. The van der Waals surface area contributed by atoms with E-state index >= 15 is 0 Å². The van der Waals surface area contributed by atoms with Gasteiger partial charge >= 0.3 is 0 Å². The Morgan fingerprint density at radius 1 is 1.27 bits per heavy atom. The predicted molar refractivity (Wildman–Crippen MR) is 131 cm³/mol. The van der Waals surface area contributed by atoms with Gasteiger partial charge in [0.2, 0.25) is 11.8 Å². The van der Waals surface area contributed by atoms with Crippen LogP contribution in [0.1, 0.15) is 57.9 Å². The summed E-state index contributed by atoms with van der Waals surface area (Å²) < 4.78 is 0.875. The van der Waals surface area contributed by atoms with Crippen LogP contribution in [0.25, 0.3) is 6.08 Å². The zero-order valence-corrected chi connectivity index (χ0v) is 21.1. The molecule has 0 spiro atoms.